The molecule has 0 aromatic heterocycles. The number of ketones is 2. The summed E-state index contributed by atoms with van der Waals surface area (Å²) in [6.07, 6.45) is 0.880. The maximum Gasteiger partial charge on any atom is 0.324 e. The van der Waals surface area contributed by atoms with Crippen molar-refractivity contribution in [2.75, 3.05) is 37.4 Å². The van der Waals surface area contributed by atoms with Gasteiger partial charge < -0.3 is 20.5 Å². The number of ether oxygens (including phenoxy) is 1. The van der Waals surface area contributed by atoms with Crippen LogP contribution in [0.15, 0.2) is 76.5 Å². The zero-order chi connectivity index (χ0) is 34.8. The molecule has 17 heteroatoms. The Morgan fingerprint density at radius 1 is 0.875 bits per heavy atom. The van der Waals surface area contributed by atoms with Crippen molar-refractivity contribution in [2.45, 2.75) is 35.3 Å². The standard InChI is InChI=1S/C20H18N2O6S.C11H12N2O5S/c23-18-15-11-14(8-9-16(15)21-19(18)24)29(26,27)22-10-4-7-17(22)20(25)28-12-13-5-2-1-3-6-13;1-13(4-5-14)19(17,18)7-2-3-9-8(6-7)10(15)11(16)12-9/h1-3,5-6,8-9,11,17H,4,7,10,12H2,(H,21,23,24);2-3,6,14H,4-5H2,1H3,(H,12,15,16). The summed E-state index contributed by atoms with van der Waals surface area (Å²) in [5, 5.41) is 13.5. The van der Waals surface area contributed by atoms with E-state index in [2.05, 4.69) is 10.6 Å². The van der Waals surface area contributed by atoms with Crippen LogP contribution in [-0.2, 0) is 45.8 Å². The molecular weight excluding hydrogens is 668 g/mol. The SMILES string of the molecule is CN(CCO)S(=O)(=O)c1ccc2c(c1)C(=O)C(=O)N2.O=C1Nc2ccc(S(=O)(=O)N3CCCC3C(=O)OCc3ccccc3)cc2C1=O. The number of carbonyl (C=O) groups is 5. The minimum absolute atomic E-state index is 0.0125. The van der Waals surface area contributed by atoms with Crippen LogP contribution in [0.2, 0.25) is 0 Å². The van der Waals surface area contributed by atoms with Crippen molar-refractivity contribution >= 4 is 60.8 Å². The Bertz CT molecular complexity index is 2030. The number of likely N-dealkylation sites (N-methyl/N-ethyl adjacent to an activating group) is 1. The molecule has 2 amide bonds. The van der Waals surface area contributed by atoms with E-state index in [9.17, 15) is 40.8 Å². The lowest BCUT2D eigenvalue weighted by molar-refractivity contribution is -0.148. The van der Waals surface area contributed by atoms with Crippen molar-refractivity contribution in [1.82, 2.24) is 8.61 Å². The fraction of sp³-hybridized carbons (Fsp3) is 0.258. The molecule has 1 saturated heterocycles. The van der Waals surface area contributed by atoms with Crippen molar-refractivity contribution < 1.29 is 50.7 Å². The first-order chi connectivity index (χ1) is 22.7. The van der Waals surface area contributed by atoms with Gasteiger partial charge >= 0.3 is 5.97 Å². The number of sulfonamides is 2. The van der Waals surface area contributed by atoms with Gasteiger partial charge in [0.25, 0.3) is 23.4 Å². The molecule has 252 valence electrons. The molecule has 3 aliphatic rings. The summed E-state index contributed by atoms with van der Waals surface area (Å²) < 4.78 is 57.9. The molecule has 3 aliphatic heterocycles. The van der Waals surface area contributed by atoms with Gasteiger partial charge in [0.1, 0.15) is 12.6 Å². The van der Waals surface area contributed by atoms with Gasteiger partial charge in [0, 0.05) is 20.1 Å². The highest BCUT2D eigenvalue weighted by Gasteiger charge is 2.41. The Morgan fingerprint density at radius 3 is 2.02 bits per heavy atom. The molecule has 3 aromatic carbocycles. The Morgan fingerprint density at radius 2 is 1.44 bits per heavy atom. The molecule has 3 N–H and O–H groups in total. The van der Waals surface area contributed by atoms with Crippen LogP contribution >= 0.6 is 0 Å². The van der Waals surface area contributed by atoms with E-state index in [1.807, 2.05) is 30.3 Å². The third-order valence-electron chi connectivity index (χ3n) is 7.81. The van der Waals surface area contributed by atoms with E-state index in [4.69, 9.17) is 9.84 Å². The average Bonchev–Trinajstić information content (AvgIpc) is 3.76. The fourth-order valence-electron chi connectivity index (χ4n) is 5.23. The second kappa shape index (κ2) is 13.7. The van der Waals surface area contributed by atoms with Crippen molar-refractivity contribution in [1.29, 1.82) is 0 Å². The zero-order valence-corrected chi connectivity index (χ0v) is 27.0. The third kappa shape index (κ3) is 6.76. The maximum atomic E-state index is 13.1. The predicted octanol–water partition coefficient (Wildman–Crippen LogP) is 1.15. The van der Waals surface area contributed by atoms with E-state index in [0.717, 1.165) is 14.2 Å². The summed E-state index contributed by atoms with van der Waals surface area (Å²) in [4.78, 5) is 58.4. The van der Waals surface area contributed by atoms with Crippen LogP contribution in [0.3, 0.4) is 0 Å². The molecule has 3 heterocycles. The van der Waals surface area contributed by atoms with Gasteiger partial charge in [-0.05, 0) is 54.8 Å². The van der Waals surface area contributed by atoms with E-state index in [0.29, 0.717) is 18.5 Å². The molecular formula is C31H30N4O11S2. The molecule has 1 unspecified atom stereocenters. The van der Waals surface area contributed by atoms with Crippen molar-refractivity contribution in [3.63, 3.8) is 0 Å². The zero-order valence-electron chi connectivity index (χ0n) is 25.4. The average molecular weight is 699 g/mol. The number of nitrogens with zero attached hydrogens (tertiary/aromatic N) is 2. The number of rotatable bonds is 9. The molecule has 1 atom stereocenters. The number of fused-ring (bicyclic) bond motifs is 2. The quantitative estimate of drug-likeness (QED) is 0.213. The molecule has 15 nitrogen and oxygen atoms in total. The van der Waals surface area contributed by atoms with Crippen LogP contribution in [-0.4, -0.2) is 92.7 Å². The number of nitrogens with one attached hydrogen (secondary N) is 2. The lowest BCUT2D eigenvalue weighted by Gasteiger charge is -2.23. The number of carbonyl (C=O) groups excluding carboxylic acids is 5. The van der Waals surface area contributed by atoms with Crippen LogP contribution < -0.4 is 10.6 Å². The van der Waals surface area contributed by atoms with Gasteiger partial charge in [-0.3, -0.25) is 24.0 Å². The number of esters is 1. The Balaban J connectivity index is 0.000000206. The summed E-state index contributed by atoms with van der Waals surface area (Å²) in [5.41, 5.74) is 1.45. The predicted molar refractivity (Wildman–Crippen MR) is 169 cm³/mol. The monoisotopic (exact) mass is 698 g/mol. The summed E-state index contributed by atoms with van der Waals surface area (Å²) in [7, 11) is -6.50. The van der Waals surface area contributed by atoms with E-state index in [1.54, 1.807) is 0 Å². The Kier molecular flexibility index (Phi) is 9.88. The second-order valence-electron chi connectivity index (χ2n) is 10.9. The van der Waals surface area contributed by atoms with Crippen molar-refractivity contribution in [3.05, 3.63) is 83.4 Å². The molecule has 0 aliphatic carbocycles. The minimum Gasteiger partial charge on any atom is -0.460 e. The number of benzene rings is 3. The largest absolute Gasteiger partial charge is 0.460 e. The van der Waals surface area contributed by atoms with Crippen LogP contribution in [0, 0.1) is 0 Å². The number of anilines is 2. The molecule has 0 spiro atoms. The van der Waals surface area contributed by atoms with Crippen LogP contribution in [0.5, 0.6) is 0 Å². The van der Waals surface area contributed by atoms with Crippen molar-refractivity contribution in [3.8, 4) is 0 Å². The van der Waals surface area contributed by atoms with Gasteiger partial charge in [0.05, 0.1) is 38.9 Å². The Hall–Kier alpha value is -4.81. The highest BCUT2D eigenvalue weighted by molar-refractivity contribution is 7.89. The fourth-order valence-corrected chi connectivity index (χ4v) is 8.09. The first-order valence-corrected chi connectivity index (χ1v) is 17.4. The first kappa shape index (κ1) is 34.5. The number of aliphatic hydroxyl groups excluding tert-OH is 1. The number of hydrogen-bond donors (Lipinski definition) is 3. The molecule has 1 fully saturated rings. The summed E-state index contributed by atoms with van der Waals surface area (Å²) in [5.74, 6) is -3.70. The van der Waals surface area contributed by atoms with Gasteiger partial charge in [-0.2, -0.15) is 8.61 Å². The van der Waals surface area contributed by atoms with E-state index in [1.165, 1.54) is 43.4 Å². The number of aliphatic hydroxyl groups is 1. The summed E-state index contributed by atoms with van der Waals surface area (Å²) in [6.45, 7) is -0.120. The molecule has 0 radical (unpaired) electrons. The normalized spacial score (nSPS) is 17.4. The van der Waals surface area contributed by atoms with E-state index in [-0.39, 0.29) is 52.9 Å². The molecule has 48 heavy (non-hydrogen) atoms. The Labute approximate surface area is 275 Å². The lowest BCUT2D eigenvalue weighted by Crippen LogP contribution is -2.41. The van der Waals surface area contributed by atoms with Gasteiger partial charge in [0.2, 0.25) is 20.0 Å². The highest BCUT2D eigenvalue weighted by atomic mass is 32.2. The smallest absolute Gasteiger partial charge is 0.324 e. The highest BCUT2D eigenvalue weighted by Crippen LogP contribution is 2.31. The summed E-state index contributed by atoms with van der Waals surface area (Å²) >= 11 is 0. The molecule has 0 saturated carbocycles. The van der Waals surface area contributed by atoms with Gasteiger partial charge in [-0.15, -0.1) is 0 Å². The third-order valence-corrected chi connectivity index (χ3v) is 11.6. The number of amides is 2. The summed E-state index contributed by atoms with van der Waals surface area (Å²) in [6, 6.07) is 15.9. The van der Waals surface area contributed by atoms with Crippen molar-refractivity contribution in [2.24, 2.45) is 0 Å². The van der Waals surface area contributed by atoms with E-state index >= 15 is 0 Å². The van der Waals surface area contributed by atoms with Crippen LogP contribution in [0.1, 0.15) is 39.1 Å². The number of Topliss-reactive ketones (excluding diaryl/α,β-unsaturated/α-hetero) is 2. The molecule has 0 bridgehead atoms. The molecule has 3 aromatic rings. The lowest BCUT2D eigenvalue weighted by atomic mass is 10.1. The van der Waals surface area contributed by atoms with Gasteiger partial charge in [-0.25, -0.2) is 16.8 Å². The molecule has 6 rings (SSSR count). The van der Waals surface area contributed by atoms with Gasteiger partial charge in [0.15, 0.2) is 0 Å². The van der Waals surface area contributed by atoms with E-state index < -0.39 is 55.4 Å². The van der Waals surface area contributed by atoms with Crippen LogP contribution in [0.4, 0.5) is 11.4 Å². The first-order valence-electron chi connectivity index (χ1n) is 14.5. The minimum atomic E-state index is -4.04. The van der Waals surface area contributed by atoms with Gasteiger partial charge in [-0.1, -0.05) is 30.3 Å². The maximum absolute atomic E-state index is 13.1. The van der Waals surface area contributed by atoms with Crippen LogP contribution in [0.25, 0.3) is 0 Å². The number of hydrogen-bond acceptors (Lipinski definition) is 11. The topological polar surface area (TPSA) is 214 Å². The second-order valence-corrected chi connectivity index (χ2v) is 14.8.